The minimum absolute atomic E-state index is 0.620. The van der Waals surface area contributed by atoms with E-state index in [0.717, 1.165) is 15.8 Å². The molecule has 0 N–H and O–H groups in total. The Morgan fingerprint density at radius 1 is 1.41 bits per heavy atom. The predicted octanol–water partition coefficient (Wildman–Crippen LogP) is 2.32. The fourth-order valence-electron chi connectivity index (χ4n) is 1.29. The van der Waals surface area contributed by atoms with Crippen LogP contribution in [0.1, 0.15) is 12.5 Å². The summed E-state index contributed by atoms with van der Waals surface area (Å²) in [5.41, 5.74) is 0.898. The molecule has 17 heavy (non-hydrogen) atoms. The summed E-state index contributed by atoms with van der Waals surface area (Å²) >= 11 is 3.42. The van der Waals surface area contributed by atoms with Crippen molar-refractivity contribution in [3.63, 3.8) is 0 Å². The first-order valence-corrected chi connectivity index (χ1v) is 5.90. The Morgan fingerprint density at radius 2 is 2.18 bits per heavy atom. The zero-order chi connectivity index (χ0) is 12.1. The van der Waals surface area contributed by atoms with Gasteiger partial charge in [-0.15, -0.1) is 10.2 Å². The van der Waals surface area contributed by atoms with Crippen molar-refractivity contribution in [1.82, 2.24) is 14.9 Å². The quantitative estimate of drug-likeness (QED) is 0.813. The van der Waals surface area contributed by atoms with E-state index in [1.807, 2.05) is 25.1 Å². The van der Waals surface area contributed by atoms with Crippen LogP contribution in [0.15, 0.2) is 40.4 Å². The third-order valence-electron chi connectivity index (χ3n) is 2.01. The number of hydrogen-bond donors (Lipinski definition) is 0. The second-order valence-corrected chi connectivity index (χ2v) is 4.12. The summed E-state index contributed by atoms with van der Waals surface area (Å²) in [5, 5.41) is 11.5. The second-order valence-electron chi connectivity index (χ2n) is 3.20. The van der Waals surface area contributed by atoms with Gasteiger partial charge in [0.25, 0.3) is 0 Å². The molecule has 5 nitrogen and oxygen atoms in total. The van der Waals surface area contributed by atoms with Gasteiger partial charge in [0.1, 0.15) is 18.4 Å². The van der Waals surface area contributed by atoms with Crippen molar-refractivity contribution in [2.75, 3.05) is 6.61 Å². The van der Waals surface area contributed by atoms with Crippen LogP contribution in [0.25, 0.3) is 0 Å². The predicted molar refractivity (Wildman–Crippen MR) is 68.3 cm³/mol. The number of aromatic nitrogens is 3. The third-order valence-corrected chi connectivity index (χ3v) is 2.50. The number of nitrogens with zero attached hydrogens (tertiary/aromatic N) is 4. The highest BCUT2D eigenvalue weighted by atomic mass is 79.9. The molecule has 6 heteroatoms. The normalized spacial score (nSPS) is 10.9. The fraction of sp³-hybridized carbons (Fsp3) is 0.182. The third kappa shape index (κ3) is 3.13. The lowest BCUT2D eigenvalue weighted by Crippen LogP contribution is -1.97. The monoisotopic (exact) mass is 294 g/mol. The van der Waals surface area contributed by atoms with Gasteiger partial charge in [0.2, 0.25) is 0 Å². The summed E-state index contributed by atoms with van der Waals surface area (Å²) in [4.78, 5) is 0. The number of halogens is 1. The lowest BCUT2D eigenvalue weighted by Gasteiger charge is -2.06. The number of benzene rings is 1. The topological polar surface area (TPSA) is 52.3 Å². The summed E-state index contributed by atoms with van der Waals surface area (Å²) in [6, 6.07) is 5.78. The van der Waals surface area contributed by atoms with Crippen LogP contribution in [0.5, 0.6) is 5.75 Å². The van der Waals surface area contributed by atoms with Crippen molar-refractivity contribution in [3.05, 3.63) is 40.9 Å². The molecule has 1 aromatic carbocycles. The van der Waals surface area contributed by atoms with E-state index in [0.29, 0.717) is 6.61 Å². The average Bonchev–Trinajstić information content (AvgIpc) is 2.82. The molecule has 0 radical (unpaired) electrons. The van der Waals surface area contributed by atoms with E-state index >= 15 is 0 Å². The molecule has 1 aromatic heterocycles. The molecule has 0 saturated heterocycles. The van der Waals surface area contributed by atoms with Crippen molar-refractivity contribution >= 4 is 22.1 Å². The molecule has 0 fully saturated rings. The van der Waals surface area contributed by atoms with Crippen LogP contribution < -0.4 is 4.74 Å². The summed E-state index contributed by atoms with van der Waals surface area (Å²) < 4.78 is 8.01. The smallest absolute Gasteiger partial charge is 0.141 e. The highest BCUT2D eigenvalue weighted by Crippen LogP contribution is 2.21. The van der Waals surface area contributed by atoms with Gasteiger partial charge in [-0.3, -0.25) is 0 Å². The van der Waals surface area contributed by atoms with Gasteiger partial charge in [0.05, 0.1) is 12.8 Å². The molecule has 0 bridgehead atoms. The molecule has 0 aliphatic heterocycles. The molecule has 0 atom stereocenters. The Hall–Kier alpha value is -1.69. The first-order chi connectivity index (χ1) is 8.29. The highest BCUT2D eigenvalue weighted by Gasteiger charge is 2.01. The van der Waals surface area contributed by atoms with Crippen LogP contribution in [0.4, 0.5) is 0 Å². The largest absolute Gasteiger partial charge is 0.493 e. The van der Waals surface area contributed by atoms with Gasteiger partial charge in [-0.2, -0.15) is 5.10 Å². The highest BCUT2D eigenvalue weighted by molar-refractivity contribution is 9.10. The van der Waals surface area contributed by atoms with E-state index in [1.54, 1.807) is 6.21 Å². The molecule has 0 saturated carbocycles. The van der Waals surface area contributed by atoms with Crippen molar-refractivity contribution in [2.45, 2.75) is 6.92 Å². The summed E-state index contributed by atoms with van der Waals surface area (Å²) in [6.07, 6.45) is 4.75. The van der Waals surface area contributed by atoms with Gasteiger partial charge in [0.15, 0.2) is 0 Å². The van der Waals surface area contributed by atoms with Crippen LogP contribution in [0, 0.1) is 0 Å². The summed E-state index contributed by atoms with van der Waals surface area (Å²) in [7, 11) is 0. The molecular weight excluding hydrogens is 284 g/mol. The molecule has 1 heterocycles. The Labute approximate surface area is 107 Å². The lowest BCUT2D eigenvalue weighted by atomic mass is 10.2. The number of ether oxygens (including phenoxy) is 1. The minimum Gasteiger partial charge on any atom is -0.493 e. The Balaban J connectivity index is 2.27. The van der Waals surface area contributed by atoms with E-state index in [2.05, 4.69) is 31.2 Å². The maximum Gasteiger partial charge on any atom is 0.141 e. The molecule has 0 aliphatic rings. The van der Waals surface area contributed by atoms with E-state index in [4.69, 9.17) is 4.74 Å². The molecular formula is C11H11BrN4O. The zero-order valence-electron chi connectivity index (χ0n) is 9.25. The van der Waals surface area contributed by atoms with Crippen LogP contribution in [-0.2, 0) is 0 Å². The van der Waals surface area contributed by atoms with Crippen molar-refractivity contribution < 1.29 is 4.74 Å². The molecule has 0 spiro atoms. The van der Waals surface area contributed by atoms with E-state index < -0.39 is 0 Å². The van der Waals surface area contributed by atoms with Gasteiger partial charge in [-0.05, 0) is 25.1 Å². The summed E-state index contributed by atoms with van der Waals surface area (Å²) in [5.74, 6) is 0.799. The molecule has 88 valence electrons. The van der Waals surface area contributed by atoms with Crippen molar-refractivity contribution in [3.8, 4) is 5.75 Å². The Bertz CT molecular complexity index is 510. The van der Waals surface area contributed by atoms with Crippen molar-refractivity contribution in [2.24, 2.45) is 5.10 Å². The number of hydrogen-bond acceptors (Lipinski definition) is 4. The van der Waals surface area contributed by atoms with Crippen molar-refractivity contribution in [1.29, 1.82) is 0 Å². The van der Waals surface area contributed by atoms with E-state index in [-0.39, 0.29) is 0 Å². The molecule has 0 aliphatic carbocycles. The Kier molecular flexibility index (Phi) is 3.87. The maximum absolute atomic E-state index is 5.51. The fourth-order valence-corrected chi connectivity index (χ4v) is 1.67. The van der Waals surface area contributed by atoms with Crippen LogP contribution in [0.2, 0.25) is 0 Å². The number of rotatable bonds is 4. The first kappa shape index (κ1) is 11.8. The molecule has 2 aromatic rings. The second kappa shape index (κ2) is 5.58. The average molecular weight is 295 g/mol. The lowest BCUT2D eigenvalue weighted by molar-refractivity contribution is 0.339. The maximum atomic E-state index is 5.51. The standard InChI is InChI=1S/C11H11BrN4O/c1-2-17-11-4-3-10(12)5-9(11)6-15-16-7-13-14-8-16/h3-8H,2H2,1H3/b15-6+. The van der Waals surface area contributed by atoms with Gasteiger partial charge in [-0.25, -0.2) is 4.68 Å². The molecule has 0 amide bonds. The van der Waals surface area contributed by atoms with Gasteiger partial charge in [-0.1, -0.05) is 15.9 Å². The van der Waals surface area contributed by atoms with E-state index in [9.17, 15) is 0 Å². The van der Waals surface area contributed by atoms with Gasteiger partial charge in [0, 0.05) is 10.0 Å². The molecule has 0 unspecified atom stereocenters. The van der Waals surface area contributed by atoms with Crippen LogP contribution in [-0.4, -0.2) is 27.7 Å². The molecule has 2 rings (SSSR count). The van der Waals surface area contributed by atoms with Crippen LogP contribution in [0.3, 0.4) is 0 Å². The van der Waals surface area contributed by atoms with Crippen LogP contribution >= 0.6 is 15.9 Å². The minimum atomic E-state index is 0.620. The van der Waals surface area contributed by atoms with Gasteiger partial charge >= 0.3 is 0 Å². The zero-order valence-corrected chi connectivity index (χ0v) is 10.8. The Morgan fingerprint density at radius 3 is 2.88 bits per heavy atom. The van der Waals surface area contributed by atoms with Gasteiger partial charge < -0.3 is 4.74 Å². The SMILES string of the molecule is CCOc1ccc(Br)cc1/C=N/n1cnnc1. The first-order valence-electron chi connectivity index (χ1n) is 5.11. The summed E-state index contributed by atoms with van der Waals surface area (Å²) in [6.45, 7) is 2.57. The van der Waals surface area contributed by atoms with E-state index in [1.165, 1.54) is 17.3 Å².